The fraction of sp³-hybridized carbons (Fsp3) is 0.280. The number of nitrogens with zero attached hydrogens (tertiary/aromatic N) is 3. The molecule has 4 aromatic rings. The van der Waals surface area contributed by atoms with Crippen LogP contribution in [0.15, 0.2) is 53.4 Å². The molecule has 0 radical (unpaired) electrons. The van der Waals surface area contributed by atoms with E-state index in [-0.39, 0.29) is 10.8 Å². The number of nitrogens with one attached hydrogen (secondary N) is 1. The summed E-state index contributed by atoms with van der Waals surface area (Å²) in [5, 5.41) is 4.82. The van der Waals surface area contributed by atoms with Crippen LogP contribution in [-0.2, 0) is 23.0 Å². The molecule has 0 bridgehead atoms. The van der Waals surface area contributed by atoms with Gasteiger partial charge in [-0.25, -0.2) is 17.7 Å². The van der Waals surface area contributed by atoms with Gasteiger partial charge in [0.05, 0.1) is 15.1 Å². The van der Waals surface area contributed by atoms with Gasteiger partial charge in [0.2, 0.25) is 10.0 Å². The average Bonchev–Trinajstić information content (AvgIpc) is 3.43. The Hall–Kier alpha value is -2.63. The van der Waals surface area contributed by atoms with Crippen LogP contribution in [0.3, 0.4) is 0 Å². The summed E-state index contributed by atoms with van der Waals surface area (Å²) in [6.07, 6.45) is 0.915. The van der Waals surface area contributed by atoms with E-state index in [1.54, 1.807) is 34.8 Å². The highest BCUT2D eigenvalue weighted by Crippen LogP contribution is 2.45. The lowest BCUT2D eigenvalue weighted by Gasteiger charge is -2.25. The molecule has 7 nitrogen and oxygen atoms in total. The molecule has 1 aliphatic heterocycles. The van der Waals surface area contributed by atoms with Crippen LogP contribution < -0.4 is 5.32 Å². The van der Waals surface area contributed by atoms with E-state index < -0.39 is 10.0 Å². The van der Waals surface area contributed by atoms with Gasteiger partial charge in [0.25, 0.3) is 5.91 Å². The Bertz CT molecular complexity index is 1470. The van der Waals surface area contributed by atoms with Crippen molar-refractivity contribution in [2.75, 3.05) is 32.5 Å². The number of aromatic nitrogens is 1. The van der Waals surface area contributed by atoms with Crippen molar-refractivity contribution < 1.29 is 13.2 Å². The molecule has 2 aromatic carbocycles. The number of fused-ring (bicyclic) bond motifs is 2. The Morgan fingerprint density at radius 1 is 1.11 bits per heavy atom. The second kappa shape index (κ2) is 9.44. The number of para-hydroxylation sites is 1. The van der Waals surface area contributed by atoms with Gasteiger partial charge < -0.3 is 5.32 Å². The molecule has 1 N–H and O–H groups in total. The smallest absolute Gasteiger partial charge is 0.256 e. The quantitative estimate of drug-likeness (QED) is 0.386. The van der Waals surface area contributed by atoms with Crippen LogP contribution in [0, 0.1) is 0 Å². The topological polar surface area (TPSA) is 82.6 Å². The van der Waals surface area contributed by atoms with Gasteiger partial charge in [0.15, 0.2) is 0 Å². The molecule has 5 rings (SSSR count). The lowest BCUT2D eigenvalue weighted by atomic mass is 10.0. The Morgan fingerprint density at radius 3 is 2.54 bits per heavy atom. The maximum atomic E-state index is 13.2. The fourth-order valence-electron chi connectivity index (χ4n) is 4.18. The summed E-state index contributed by atoms with van der Waals surface area (Å²) in [4.78, 5) is 21.9. The Labute approximate surface area is 213 Å². The first-order valence-corrected chi connectivity index (χ1v) is 14.4. The number of carbonyl (C=O) groups is 1. The molecule has 0 aliphatic carbocycles. The Morgan fingerprint density at radius 2 is 1.86 bits per heavy atom. The molecule has 182 valence electrons. The highest BCUT2D eigenvalue weighted by atomic mass is 32.2. The third kappa shape index (κ3) is 4.52. The molecule has 1 aliphatic rings. The third-order valence-corrected chi connectivity index (χ3v) is 10.2. The highest BCUT2D eigenvalue weighted by molar-refractivity contribution is 7.89. The molecule has 0 unspecified atom stereocenters. The second-order valence-electron chi connectivity index (χ2n) is 8.58. The van der Waals surface area contributed by atoms with Crippen molar-refractivity contribution in [3.8, 4) is 10.6 Å². The maximum Gasteiger partial charge on any atom is 0.256 e. The van der Waals surface area contributed by atoms with E-state index in [0.29, 0.717) is 5.56 Å². The summed E-state index contributed by atoms with van der Waals surface area (Å²) in [5.41, 5.74) is 3.64. The number of likely N-dealkylation sites (N-methyl/N-ethyl adjacent to an activating group) is 1. The zero-order valence-corrected chi connectivity index (χ0v) is 22.2. The van der Waals surface area contributed by atoms with Crippen LogP contribution in [0.1, 0.15) is 27.7 Å². The van der Waals surface area contributed by atoms with Crippen LogP contribution in [-0.4, -0.2) is 55.7 Å². The monoisotopic (exact) mass is 526 g/mol. The van der Waals surface area contributed by atoms with E-state index in [1.807, 2.05) is 18.2 Å². The zero-order chi connectivity index (χ0) is 24.7. The van der Waals surface area contributed by atoms with Crippen molar-refractivity contribution in [3.63, 3.8) is 0 Å². The molecule has 0 spiro atoms. The predicted molar refractivity (Wildman–Crippen MR) is 143 cm³/mol. The van der Waals surface area contributed by atoms with Gasteiger partial charge in [-0.15, -0.1) is 22.7 Å². The van der Waals surface area contributed by atoms with Crippen LogP contribution in [0.2, 0.25) is 0 Å². The first-order valence-electron chi connectivity index (χ1n) is 11.3. The SMILES string of the molecule is CCN1CCc2c(sc(NC(=O)c3ccc(S(=O)(=O)N(C)C)cc3)c2-c2nc3ccccc3s2)C1. The van der Waals surface area contributed by atoms with E-state index in [2.05, 4.69) is 23.2 Å². The number of amides is 1. The van der Waals surface area contributed by atoms with Gasteiger partial charge in [-0.3, -0.25) is 9.69 Å². The van der Waals surface area contributed by atoms with E-state index >= 15 is 0 Å². The molecule has 0 atom stereocenters. The fourth-order valence-corrected chi connectivity index (χ4v) is 7.48. The first-order chi connectivity index (χ1) is 16.8. The summed E-state index contributed by atoms with van der Waals surface area (Å²) in [6, 6.07) is 14.1. The first kappa shape index (κ1) is 24.1. The molecule has 10 heteroatoms. The molecule has 3 heterocycles. The van der Waals surface area contributed by atoms with Crippen molar-refractivity contribution in [2.45, 2.75) is 24.8 Å². The molecular formula is C25H26N4O3S3. The van der Waals surface area contributed by atoms with Gasteiger partial charge in [0.1, 0.15) is 10.0 Å². The van der Waals surface area contributed by atoms with Crippen molar-refractivity contribution in [1.29, 1.82) is 0 Å². The van der Waals surface area contributed by atoms with E-state index in [4.69, 9.17) is 4.98 Å². The minimum atomic E-state index is -3.55. The second-order valence-corrected chi connectivity index (χ2v) is 12.9. The van der Waals surface area contributed by atoms with E-state index in [9.17, 15) is 13.2 Å². The number of thiazole rings is 1. The van der Waals surface area contributed by atoms with Crippen molar-refractivity contribution in [1.82, 2.24) is 14.2 Å². The number of thiophene rings is 1. The number of sulfonamides is 1. The summed E-state index contributed by atoms with van der Waals surface area (Å²) in [7, 11) is -0.584. The normalized spacial score (nSPS) is 14.4. The standard InChI is InChI=1S/C25H26N4O3S3/c1-4-29-14-13-18-21(15-29)34-25(22(18)24-26-19-7-5-6-8-20(19)33-24)27-23(30)16-9-11-17(12-10-16)35(31,32)28(2)3/h5-12H,4,13-15H2,1-3H3,(H,27,30). The van der Waals surface area contributed by atoms with Crippen LogP contribution >= 0.6 is 22.7 Å². The van der Waals surface area contributed by atoms with Gasteiger partial charge in [-0.2, -0.15) is 0 Å². The minimum absolute atomic E-state index is 0.153. The summed E-state index contributed by atoms with van der Waals surface area (Å²) in [5.74, 6) is -0.271. The van der Waals surface area contributed by atoms with Gasteiger partial charge >= 0.3 is 0 Å². The summed E-state index contributed by atoms with van der Waals surface area (Å²) < 4.78 is 27.0. The van der Waals surface area contributed by atoms with Gasteiger partial charge in [-0.1, -0.05) is 19.1 Å². The van der Waals surface area contributed by atoms with Crippen molar-refractivity contribution >= 4 is 53.8 Å². The Balaban J connectivity index is 1.51. The van der Waals surface area contributed by atoms with Crippen molar-refractivity contribution in [2.24, 2.45) is 0 Å². The molecule has 0 fully saturated rings. The van der Waals surface area contributed by atoms with Gasteiger partial charge in [0, 0.05) is 43.2 Å². The lowest BCUT2D eigenvalue weighted by Crippen LogP contribution is -2.29. The summed E-state index contributed by atoms with van der Waals surface area (Å²) >= 11 is 3.25. The Kier molecular flexibility index (Phi) is 6.49. The minimum Gasteiger partial charge on any atom is -0.313 e. The number of carbonyl (C=O) groups excluding carboxylic acids is 1. The number of rotatable bonds is 6. The zero-order valence-electron chi connectivity index (χ0n) is 19.7. The molecular weight excluding hydrogens is 501 g/mol. The van der Waals surface area contributed by atoms with E-state index in [0.717, 1.165) is 56.1 Å². The molecule has 2 aromatic heterocycles. The maximum absolute atomic E-state index is 13.2. The highest BCUT2D eigenvalue weighted by Gasteiger charge is 2.27. The number of hydrogen-bond donors (Lipinski definition) is 1. The number of hydrogen-bond acceptors (Lipinski definition) is 7. The molecule has 1 amide bonds. The number of anilines is 1. The van der Waals surface area contributed by atoms with Crippen molar-refractivity contribution in [3.05, 3.63) is 64.5 Å². The number of benzene rings is 2. The largest absolute Gasteiger partial charge is 0.313 e. The predicted octanol–water partition coefficient (Wildman–Crippen LogP) is 4.91. The molecule has 0 saturated carbocycles. The van der Waals surface area contributed by atoms with E-state index in [1.165, 1.54) is 36.7 Å². The average molecular weight is 527 g/mol. The van der Waals surface area contributed by atoms with Crippen LogP contribution in [0.4, 0.5) is 5.00 Å². The lowest BCUT2D eigenvalue weighted by molar-refractivity contribution is 0.102. The van der Waals surface area contributed by atoms with Crippen LogP contribution in [0.5, 0.6) is 0 Å². The van der Waals surface area contributed by atoms with Gasteiger partial charge in [-0.05, 0) is 54.9 Å². The molecule has 35 heavy (non-hydrogen) atoms. The molecule has 0 saturated heterocycles. The third-order valence-electron chi connectivity index (χ3n) is 6.21. The van der Waals surface area contributed by atoms with Crippen LogP contribution in [0.25, 0.3) is 20.8 Å². The summed E-state index contributed by atoms with van der Waals surface area (Å²) in [6.45, 7) is 4.99.